The second kappa shape index (κ2) is 8.11. The summed E-state index contributed by atoms with van der Waals surface area (Å²) in [7, 11) is 0. The molecule has 0 aliphatic rings. The van der Waals surface area contributed by atoms with Crippen LogP contribution in [0.25, 0.3) is 11.0 Å². The van der Waals surface area contributed by atoms with Gasteiger partial charge in [0.25, 0.3) is 5.91 Å². The maximum Gasteiger partial charge on any atom is 0.418 e. The molecule has 1 aromatic heterocycles. The number of hydrogen-bond acceptors (Lipinski definition) is 5. The molecule has 1 heterocycles. The Morgan fingerprint density at radius 2 is 1.80 bits per heavy atom. The fourth-order valence-electron chi connectivity index (χ4n) is 2.58. The highest BCUT2D eigenvalue weighted by Gasteiger charge is 2.34. The van der Waals surface area contributed by atoms with Crippen LogP contribution < -0.4 is 11.0 Å². The van der Waals surface area contributed by atoms with E-state index in [4.69, 9.17) is 11.6 Å². The number of nitrogens with one attached hydrogen (secondary N) is 3. The van der Waals surface area contributed by atoms with Crippen LogP contribution in [0.15, 0.2) is 51.4 Å². The van der Waals surface area contributed by atoms with Crippen molar-refractivity contribution in [2.75, 3.05) is 5.32 Å². The van der Waals surface area contributed by atoms with E-state index >= 15 is 0 Å². The van der Waals surface area contributed by atoms with Crippen molar-refractivity contribution in [3.05, 3.63) is 57.5 Å². The molecule has 0 bridgehead atoms. The summed E-state index contributed by atoms with van der Waals surface area (Å²) in [6.45, 7) is 1.06. The molecule has 3 rings (SSSR count). The van der Waals surface area contributed by atoms with Crippen molar-refractivity contribution in [1.82, 2.24) is 9.97 Å². The Kier molecular flexibility index (Phi) is 5.74. The number of ketones is 1. The monoisotopic (exact) mass is 439 g/mol. The normalized spacial score (nSPS) is 13.0. The number of carbonyl (C=O) groups is 2. The minimum absolute atomic E-state index is 0.152. The number of imidazole rings is 1. The van der Waals surface area contributed by atoms with Gasteiger partial charge in [-0.1, -0.05) is 11.6 Å². The molecule has 3 N–H and O–H groups in total. The van der Waals surface area contributed by atoms with Crippen molar-refractivity contribution in [2.24, 2.45) is 10.2 Å². The molecule has 8 nitrogen and oxygen atoms in total. The van der Waals surface area contributed by atoms with E-state index in [1.54, 1.807) is 0 Å². The molecule has 0 aliphatic carbocycles. The fraction of sp³-hybridized carbons (Fsp3) is 0.167. The van der Waals surface area contributed by atoms with Gasteiger partial charge in [-0.3, -0.25) is 9.59 Å². The van der Waals surface area contributed by atoms with Gasteiger partial charge in [0.2, 0.25) is 6.04 Å². The molecular formula is C18H13ClF3N5O3. The summed E-state index contributed by atoms with van der Waals surface area (Å²) in [6, 6.07) is 5.60. The first-order valence-electron chi connectivity index (χ1n) is 8.35. The third-order valence-corrected chi connectivity index (χ3v) is 4.20. The second-order valence-electron chi connectivity index (χ2n) is 6.22. The lowest BCUT2D eigenvalue weighted by atomic mass is 10.1. The number of rotatable bonds is 5. The van der Waals surface area contributed by atoms with E-state index < -0.39 is 40.8 Å². The Labute approximate surface area is 171 Å². The first-order valence-corrected chi connectivity index (χ1v) is 8.73. The summed E-state index contributed by atoms with van der Waals surface area (Å²) in [6.07, 6.45) is -4.75. The van der Waals surface area contributed by atoms with Gasteiger partial charge in [-0.2, -0.15) is 23.4 Å². The van der Waals surface area contributed by atoms with E-state index in [9.17, 15) is 27.6 Å². The summed E-state index contributed by atoms with van der Waals surface area (Å²) in [5.41, 5.74) is -1.02. The molecule has 0 aliphatic heterocycles. The third-order valence-electron chi connectivity index (χ3n) is 3.96. The molecule has 0 saturated carbocycles. The number of aromatic amines is 2. The lowest BCUT2D eigenvalue weighted by molar-refractivity contribution is -0.137. The van der Waals surface area contributed by atoms with Crippen LogP contribution in [0, 0.1) is 0 Å². The molecule has 156 valence electrons. The number of Topliss-reactive ketones (excluding diaryl/α,β-unsaturated/α-hetero) is 1. The molecule has 12 heteroatoms. The lowest BCUT2D eigenvalue weighted by Gasteiger charge is -2.11. The zero-order chi connectivity index (χ0) is 22.1. The van der Waals surface area contributed by atoms with Gasteiger partial charge >= 0.3 is 11.9 Å². The van der Waals surface area contributed by atoms with Crippen molar-refractivity contribution in [3.63, 3.8) is 0 Å². The van der Waals surface area contributed by atoms with Crippen LogP contribution in [0.5, 0.6) is 0 Å². The van der Waals surface area contributed by atoms with Gasteiger partial charge in [-0.25, -0.2) is 4.79 Å². The summed E-state index contributed by atoms with van der Waals surface area (Å²) in [5, 5.41) is 9.25. The molecular weight excluding hydrogens is 427 g/mol. The standard InChI is InChI=1S/C18H13ClF3N5O3/c1-8(28)15(27-26-12-4-2-9(19)6-11(12)18(20,21)22)16(29)23-10-3-5-13-14(7-10)25-17(30)24-13/h2-7,15H,1H3,(H,23,29)(H2,24,25,30)/t15-/m1/s1. The summed E-state index contributed by atoms with van der Waals surface area (Å²) in [4.78, 5) is 40.6. The smallest absolute Gasteiger partial charge is 0.324 e. The number of carbonyl (C=O) groups excluding carboxylic acids is 2. The van der Waals surface area contributed by atoms with Crippen LogP contribution in [-0.2, 0) is 15.8 Å². The van der Waals surface area contributed by atoms with Crippen molar-refractivity contribution in [1.29, 1.82) is 0 Å². The van der Waals surface area contributed by atoms with Gasteiger partial charge < -0.3 is 15.3 Å². The van der Waals surface area contributed by atoms with Crippen LogP contribution in [-0.4, -0.2) is 27.7 Å². The number of fused-ring (bicyclic) bond motifs is 1. The molecule has 0 fully saturated rings. The van der Waals surface area contributed by atoms with Crippen molar-refractivity contribution in [3.8, 4) is 0 Å². The number of hydrogen-bond donors (Lipinski definition) is 3. The number of alkyl halides is 3. The predicted octanol–water partition coefficient (Wildman–Crippen LogP) is 4.21. The number of anilines is 1. The maximum absolute atomic E-state index is 13.2. The van der Waals surface area contributed by atoms with E-state index in [-0.39, 0.29) is 10.7 Å². The molecule has 3 aromatic rings. The zero-order valence-corrected chi connectivity index (χ0v) is 15.9. The van der Waals surface area contributed by atoms with Gasteiger partial charge in [0, 0.05) is 10.7 Å². The first-order chi connectivity index (χ1) is 14.0. The van der Waals surface area contributed by atoms with Crippen molar-refractivity contribution in [2.45, 2.75) is 19.1 Å². The molecule has 0 saturated heterocycles. The van der Waals surface area contributed by atoms with E-state index in [2.05, 4.69) is 25.5 Å². The van der Waals surface area contributed by atoms with Crippen LogP contribution in [0.4, 0.5) is 24.5 Å². The number of nitrogens with zero attached hydrogens (tertiary/aromatic N) is 2. The summed E-state index contributed by atoms with van der Waals surface area (Å²) < 4.78 is 39.5. The van der Waals surface area contributed by atoms with Crippen LogP contribution in [0.2, 0.25) is 5.02 Å². The molecule has 0 spiro atoms. The van der Waals surface area contributed by atoms with E-state index in [1.807, 2.05) is 0 Å². The summed E-state index contributed by atoms with van der Waals surface area (Å²) >= 11 is 5.60. The van der Waals surface area contributed by atoms with Crippen molar-refractivity contribution < 1.29 is 22.8 Å². The number of H-pyrrole nitrogens is 2. The average molecular weight is 440 g/mol. The molecule has 2 aromatic carbocycles. The maximum atomic E-state index is 13.2. The van der Waals surface area contributed by atoms with E-state index in [1.165, 1.54) is 24.3 Å². The van der Waals surface area contributed by atoms with Gasteiger partial charge in [-0.15, -0.1) is 0 Å². The highest BCUT2D eigenvalue weighted by molar-refractivity contribution is 6.30. The van der Waals surface area contributed by atoms with Crippen molar-refractivity contribution >= 4 is 45.7 Å². The average Bonchev–Trinajstić information content (AvgIpc) is 3.01. The Balaban J connectivity index is 1.86. The minimum atomic E-state index is -4.75. The van der Waals surface area contributed by atoms with E-state index in [0.29, 0.717) is 17.1 Å². The molecule has 0 radical (unpaired) electrons. The first kappa shape index (κ1) is 21.2. The Morgan fingerprint density at radius 3 is 2.47 bits per heavy atom. The van der Waals surface area contributed by atoms with Crippen LogP contribution in [0.3, 0.4) is 0 Å². The number of amides is 1. The highest BCUT2D eigenvalue weighted by atomic mass is 35.5. The highest BCUT2D eigenvalue weighted by Crippen LogP contribution is 2.38. The minimum Gasteiger partial charge on any atom is -0.324 e. The predicted molar refractivity (Wildman–Crippen MR) is 103 cm³/mol. The largest absolute Gasteiger partial charge is 0.418 e. The lowest BCUT2D eigenvalue weighted by Crippen LogP contribution is -2.31. The quantitative estimate of drug-likeness (QED) is 0.408. The van der Waals surface area contributed by atoms with Crippen LogP contribution in [0.1, 0.15) is 12.5 Å². The second-order valence-corrected chi connectivity index (χ2v) is 6.65. The fourth-order valence-corrected chi connectivity index (χ4v) is 2.75. The SMILES string of the molecule is CC(=O)[C@@H](N=Nc1ccc(Cl)cc1C(F)(F)F)C(=O)Nc1ccc2[nH]c(=O)[nH]c2c1. The molecule has 30 heavy (non-hydrogen) atoms. The number of benzene rings is 2. The Morgan fingerprint density at radius 1 is 1.10 bits per heavy atom. The number of aromatic nitrogens is 2. The Bertz CT molecular complexity index is 1220. The zero-order valence-electron chi connectivity index (χ0n) is 15.2. The van der Waals surface area contributed by atoms with E-state index in [0.717, 1.165) is 13.0 Å². The van der Waals surface area contributed by atoms with Gasteiger partial charge in [0.15, 0.2) is 5.78 Å². The molecule has 0 unspecified atom stereocenters. The van der Waals surface area contributed by atoms with Gasteiger partial charge in [-0.05, 0) is 43.3 Å². The number of halogens is 4. The topological polar surface area (TPSA) is 120 Å². The van der Waals surface area contributed by atoms with Gasteiger partial charge in [0.1, 0.15) is 0 Å². The number of azo groups is 1. The van der Waals surface area contributed by atoms with Crippen LogP contribution >= 0.6 is 11.6 Å². The third kappa shape index (κ3) is 4.74. The molecule has 1 amide bonds. The summed E-state index contributed by atoms with van der Waals surface area (Å²) in [5.74, 6) is -1.62. The molecule has 1 atom stereocenters. The Hall–Kier alpha value is -3.47. The van der Waals surface area contributed by atoms with Gasteiger partial charge in [0.05, 0.1) is 22.3 Å².